The molecule has 0 aromatic heterocycles. The molecule has 0 saturated heterocycles. The molecule has 0 saturated carbocycles. The molecular weight excluding hydrogens is 210 g/mol. The van der Waals surface area contributed by atoms with Gasteiger partial charge in [0.05, 0.1) is 6.61 Å². The Kier molecular flexibility index (Phi) is 5.01. The van der Waals surface area contributed by atoms with Gasteiger partial charge in [-0.2, -0.15) is 5.48 Å². The van der Waals surface area contributed by atoms with Crippen LogP contribution in [0.5, 0.6) is 0 Å². The highest BCUT2D eigenvalue weighted by molar-refractivity contribution is 5.83. The third-order valence-corrected chi connectivity index (χ3v) is 1.73. The van der Waals surface area contributed by atoms with Gasteiger partial charge in [0, 0.05) is 6.42 Å². The number of esters is 1. The number of hydrogen-bond acceptors (Lipinski definition) is 4. The highest BCUT2D eigenvalue weighted by Gasteiger charge is 2.07. The van der Waals surface area contributed by atoms with E-state index in [4.69, 9.17) is 4.84 Å². The summed E-state index contributed by atoms with van der Waals surface area (Å²) in [5.74, 6) is -0.596. The molecule has 0 spiro atoms. The first kappa shape index (κ1) is 12.2. The second-order valence-electron chi connectivity index (χ2n) is 2.99. The Hall–Kier alpha value is -1.88. The van der Waals surface area contributed by atoms with Crippen LogP contribution in [0.1, 0.15) is 18.9 Å². The highest BCUT2D eigenvalue weighted by atomic mass is 16.7. The van der Waals surface area contributed by atoms with Gasteiger partial charge in [0.2, 0.25) is 0 Å². The zero-order valence-electron chi connectivity index (χ0n) is 8.93. The van der Waals surface area contributed by atoms with Crippen molar-refractivity contribution in [3.05, 3.63) is 35.9 Å². The van der Waals surface area contributed by atoms with Gasteiger partial charge in [-0.25, -0.2) is 4.79 Å². The van der Waals surface area contributed by atoms with E-state index < -0.39 is 12.1 Å². The lowest BCUT2D eigenvalue weighted by Crippen LogP contribution is -2.26. The molecular formula is C11H13NO4. The molecule has 0 unspecified atom stereocenters. The molecule has 0 fully saturated rings. The number of ether oxygens (including phenoxy) is 1. The number of amides is 1. The van der Waals surface area contributed by atoms with Gasteiger partial charge in [0.15, 0.2) is 0 Å². The van der Waals surface area contributed by atoms with Crippen LogP contribution in [0, 0.1) is 0 Å². The third-order valence-electron chi connectivity index (χ3n) is 1.73. The van der Waals surface area contributed by atoms with Gasteiger partial charge in [0.25, 0.3) is 0 Å². The molecule has 86 valence electrons. The van der Waals surface area contributed by atoms with Crippen LogP contribution in [0.2, 0.25) is 0 Å². The summed E-state index contributed by atoms with van der Waals surface area (Å²) in [6.07, 6.45) is -0.755. The molecule has 0 heterocycles. The van der Waals surface area contributed by atoms with E-state index >= 15 is 0 Å². The summed E-state index contributed by atoms with van der Waals surface area (Å²) in [7, 11) is 0. The number of benzene rings is 1. The molecule has 1 amide bonds. The first-order valence-corrected chi connectivity index (χ1v) is 4.88. The number of carbonyl (C=O) groups excluding carboxylic acids is 2. The Bertz CT molecular complexity index is 350. The van der Waals surface area contributed by atoms with Gasteiger partial charge >= 0.3 is 12.1 Å². The third kappa shape index (κ3) is 4.56. The summed E-state index contributed by atoms with van der Waals surface area (Å²) >= 11 is 0. The van der Waals surface area contributed by atoms with Crippen LogP contribution in [-0.4, -0.2) is 12.1 Å². The van der Waals surface area contributed by atoms with E-state index in [9.17, 15) is 9.59 Å². The minimum atomic E-state index is -0.900. The Labute approximate surface area is 93.3 Å². The monoisotopic (exact) mass is 223 g/mol. The van der Waals surface area contributed by atoms with Crippen LogP contribution in [-0.2, 0) is 21.0 Å². The molecule has 0 aliphatic rings. The van der Waals surface area contributed by atoms with Gasteiger partial charge in [0.1, 0.15) is 0 Å². The Balaban J connectivity index is 2.21. The molecule has 16 heavy (non-hydrogen) atoms. The Morgan fingerprint density at radius 2 is 1.94 bits per heavy atom. The van der Waals surface area contributed by atoms with Crippen molar-refractivity contribution in [1.29, 1.82) is 0 Å². The lowest BCUT2D eigenvalue weighted by Gasteiger charge is -2.05. The van der Waals surface area contributed by atoms with Crippen molar-refractivity contribution >= 4 is 12.1 Å². The maximum absolute atomic E-state index is 10.9. The van der Waals surface area contributed by atoms with Crippen LogP contribution in [0.25, 0.3) is 0 Å². The lowest BCUT2D eigenvalue weighted by atomic mass is 10.2. The normalized spacial score (nSPS) is 9.56. The standard InChI is InChI=1S/C11H13NO4/c1-2-10(13)16-11(14)12-15-8-9-6-4-3-5-7-9/h3-7H,2,8H2,1H3,(H,12,14). The van der Waals surface area contributed by atoms with Gasteiger partial charge < -0.3 is 4.74 Å². The van der Waals surface area contributed by atoms with Crippen molar-refractivity contribution in [1.82, 2.24) is 5.48 Å². The van der Waals surface area contributed by atoms with Crippen molar-refractivity contribution in [2.24, 2.45) is 0 Å². The van der Waals surface area contributed by atoms with E-state index in [2.05, 4.69) is 4.74 Å². The summed E-state index contributed by atoms with van der Waals surface area (Å²) in [4.78, 5) is 26.5. The van der Waals surface area contributed by atoms with E-state index in [0.717, 1.165) is 5.56 Å². The average molecular weight is 223 g/mol. The summed E-state index contributed by atoms with van der Waals surface area (Å²) < 4.78 is 4.32. The fourth-order valence-electron chi connectivity index (χ4n) is 0.949. The molecule has 0 aliphatic heterocycles. The Morgan fingerprint density at radius 3 is 2.56 bits per heavy atom. The van der Waals surface area contributed by atoms with E-state index in [0.29, 0.717) is 0 Å². The predicted molar refractivity (Wildman–Crippen MR) is 56.1 cm³/mol. The molecule has 1 N–H and O–H groups in total. The molecule has 0 atom stereocenters. The van der Waals surface area contributed by atoms with Crippen molar-refractivity contribution in [3.63, 3.8) is 0 Å². The summed E-state index contributed by atoms with van der Waals surface area (Å²) in [6.45, 7) is 1.82. The van der Waals surface area contributed by atoms with E-state index in [-0.39, 0.29) is 13.0 Å². The minimum absolute atomic E-state index is 0.145. The van der Waals surface area contributed by atoms with Crippen LogP contribution in [0.15, 0.2) is 30.3 Å². The maximum Gasteiger partial charge on any atom is 0.439 e. The van der Waals surface area contributed by atoms with Crippen LogP contribution in [0.4, 0.5) is 4.79 Å². The van der Waals surface area contributed by atoms with Crippen molar-refractivity contribution in [2.75, 3.05) is 0 Å². The summed E-state index contributed by atoms with van der Waals surface area (Å²) in [5.41, 5.74) is 2.92. The summed E-state index contributed by atoms with van der Waals surface area (Å²) in [6, 6.07) is 9.30. The molecule has 0 radical (unpaired) electrons. The van der Waals surface area contributed by atoms with Crippen molar-refractivity contribution < 1.29 is 19.2 Å². The van der Waals surface area contributed by atoms with Gasteiger partial charge in [-0.05, 0) is 5.56 Å². The number of hydrogen-bond donors (Lipinski definition) is 1. The largest absolute Gasteiger partial charge is 0.439 e. The van der Waals surface area contributed by atoms with Crippen molar-refractivity contribution in [3.8, 4) is 0 Å². The van der Waals surface area contributed by atoms with Crippen molar-refractivity contribution in [2.45, 2.75) is 20.0 Å². The number of carbonyl (C=O) groups is 2. The number of rotatable bonds is 4. The maximum atomic E-state index is 10.9. The SMILES string of the molecule is CCC(=O)OC(=O)NOCc1ccccc1. The van der Waals surface area contributed by atoms with Crippen LogP contribution in [0.3, 0.4) is 0 Å². The molecule has 1 aromatic carbocycles. The van der Waals surface area contributed by atoms with E-state index in [1.807, 2.05) is 35.8 Å². The molecule has 5 heteroatoms. The molecule has 0 aliphatic carbocycles. The first-order chi connectivity index (χ1) is 7.72. The molecule has 1 rings (SSSR count). The lowest BCUT2D eigenvalue weighted by molar-refractivity contribution is -0.138. The Morgan fingerprint density at radius 1 is 1.25 bits per heavy atom. The van der Waals surface area contributed by atoms with Gasteiger partial charge in [-0.15, -0.1) is 0 Å². The molecule has 1 aromatic rings. The number of nitrogens with one attached hydrogen (secondary N) is 1. The minimum Gasteiger partial charge on any atom is -0.375 e. The fourth-order valence-corrected chi connectivity index (χ4v) is 0.949. The van der Waals surface area contributed by atoms with Gasteiger partial charge in [-0.1, -0.05) is 37.3 Å². The molecule has 0 bridgehead atoms. The predicted octanol–water partition coefficient (Wildman–Crippen LogP) is 1.78. The van der Waals surface area contributed by atoms with Crippen LogP contribution < -0.4 is 5.48 Å². The molecule has 5 nitrogen and oxygen atoms in total. The zero-order chi connectivity index (χ0) is 11.8. The second kappa shape index (κ2) is 6.58. The second-order valence-corrected chi connectivity index (χ2v) is 2.99. The van der Waals surface area contributed by atoms with Crippen LogP contribution >= 0.6 is 0 Å². The smallest absolute Gasteiger partial charge is 0.375 e. The van der Waals surface area contributed by atoms with E-state index in [1.165, 1.54) is 0 Å². The zero-order valence-corrected chi connectivity index (χ0v) is 8.93. The van der Waals surface area contributed by atoms with Gasteiger partial charge in [-0.3, -0.25) is 9.63 Å². The summed E-state index contributed by atoms with van der Waals surface area (Å²) in [5, 5.41) is 0. The van der Waals surface area contributed by atoms with E-state index in [1.54, 1.807) is 6.92 Å². The fraction of sp³-hybridized carbons (Fsp3) is 0.273. The number of hydroxylamine groups is 1. The quantitative estimate of drug-likeness (QED) is 0.480. The topological polar surface area (TPSA) is 64.6 Å². The average Bonchev–Trinajstić information content (AvgIpc) is 2.30. The first-order valence-electron chi connectivity index (χ1n) is 4.88. The highest BCUT2D eigenvalue weighted by Crippen LogP contribution is 1.99.